The molecule has 2 N–H and O–H groups in total. The van der Waals surface area contributed by atoms with Crippen LogP contribution in [0.2, 0.25) is 0 Å². The van der Waals surface area contributed by atoms with Gasteiger partial charge in [-0.15, -0.1) is 0 Å². The van der Waals surface area contributed by atoms with Gasteiger partial charge >= 0.3 is 0 Å². The lowest BCUT2D eigenvalue weighted by Crippen LogP contribution is -2.37. The van der Waals surface area contributed by atoms with Crippen LogP contribution in [0.3, 0.4) is 0 Å². The molecule has 1 saturated carbocycles. The lowest BCUT2D eigenvalue weighted by Gasteiger charge is -2.31. The fourth-order valence-corrected chi connectivity index (χ4v) is 1.78. The zero-order valence-electron chi connectivity index (χ0n) is 10.7. The number of rotatable bonds is 11. The topological polar surface area (TPSA) is 60.0 Å². The van der Waals surface area contributed by atoms with Gasteiger partial charge in [-0.05, 0) is 25.3 Å². The van der Waals surface area contributed by atoms with Crippen molar-refractivity contribution in [3.63, 3.8) is 0 Å². The Kier molecular flexibility index (Phi) is 8.56. The summed E-state index contributed by atoms with van der Waals surface area (Å²) < 4.78 is 15.5. The highest BCUT2D eigenvalue weighted by Gasteiger charge is 2.26. The summed E-state index contributed by atoms with van der Waals surface area (Å²) in [6.07, 6.45) is 1.84. The first-order valence-corrected chi connectivity index (χ1v) is 6.36. The second-order valence-electron chi connectivity index (χ2n) is 4.41. The first-order valence-electron chi connectivity index (χ1n) is 6.36. The van der Waals surface area contributed by atoms with Gasteiger partial charge in [0.2, 0.25) is 0 Å². The lowest BCUT2D eigenvalue weighted by molar-refractivity contribution is 0.0234. The molecular formula is C12H25NO4. The van der Waals surface area contributed by atoms with Crippen LogP contribution >= 0.6 is 0 Å². The minimum Gasteiger partial charge on any atom is -0.393 e. The van der Waals surface area contributed by atoms with Crippen LogP contribution in [0.1, 0.15) is 12.8 Å². The maximum atomic E-state index is 9.10. The van der Waals surface area contributed by atoms with E-state index < -0.39 is 0 Å². The van der Waals surface area contributed by atoms with Gasteiger partial charge in [0.25, 0.3) is 0 Å². The molecule has 0 atom stereocenters. The number of aliphatic hydroxyl groups excluding tert-OH is 1. The largest absolute Gasteiger partial charge is 0.393 e. The Morgan fingerprint density at radius 1 is 1.06 bits per heavy atom. The standard InChI is InChI=1S/C12H25NO4/c1-15-4-5-17-7-6-16-3-2-13-10-11-8-12(14)9-11/h11-14H,2-10H2,1H3. The van der Waals surface area contributed by atoms with Crippen molar-refractivity contribution >= 4 is 0 Å². The van der Waals surface area contributed by atoms with Gasteiger partial charge in [0.15, 0.2) is 0 Å². The van der Waals surface area contributed by atoms with E-state index in [0.29, 0.717) is 39.0 Å². The zero-order chi connectivity index (χ0) is 12.3. The van der Waals surface area contributed by atoms with E-state index in [1.165, 1.54) is 0 Å². The molecule has 0 aromatic rings. The summed E-state index contributed by atoms with van der Waals surface area (Å²) in [4.78, 5) is 0. The molecule has 0 unspecified atom stereocenters. The molecule has 0 amide bonds. The molecule has 1 rings (SSSR count). The number of aliphatic hydroxyl groups is 1. The van der Waals surface area contributed by atoms with Crippen LogP contribution in [0.5, 0.6) is 0 Å². The van der Waals surface area contributed by atoms with E-state index >= 15 is 0 Å². The first-order chi connectivity index (χ1) is 8.33. The van der Waals surface area contributed by atoms with Crippen molar-refractivity contribution in [2.75, 3.05) is 53.2 Å². The first kappa shape index (κ1) is 14.9. The highest BCUT2D eigenvalue weighted by molar-refractivity contribution is 4.79. The Hall–Kier alpha value is -0.200. The molecule has 5 nitrogen and oxygen atoms in total. The van der Waals surface area contributed by atoms with Crippen molar-refractivity contribution in [3.8, 4) is 0 Å². The molecule has 1 fully saturated rings. The molecule has 17 heavy (non-hydrogen) atoms. The van der Waals surface area contributed by atoms with E-state index in [-0.39, 0.29) is 6.10 Å². The smallest absolute Gasteiger partial charge is 0.0701 e. The Morgan fingerprint density at radius 3 is 2.35 bits per heavy atom. The van der Waals surface area contributed by atoms with Crippen LogP contribution in [-0.4, -0.2) is 64.4 Å². The summed E-state index contributed by atoms with van der Waals surface area (Å²) in [6, 6.07) is 0. The van der Waals surface area contributed by atoms with Gasteiger partial charge in [0, 0.05) is 13.7 Å². The number of ether oxygens (including phenoxy) is 3. The molecule has 0 spiro atoms. The fraction of sp³-hybridized carbons (Fsp3) is 1.00. The maximum Gasteiger partial charge on any atom is 0.0701 e. The highest BCUT2D eigenvalue weighted by atomic mass is 16.5. The third-order valence-corrected chi connectivity index (χ3v) is 2.87. The van der Waals surface area contributed by atoms with E-state index in [1.807, 2.05) is 0 Å². The van der Waals surface area contributed by atoms with Crippen LogP contribution in [0.15, 0.2) is 0 Å². The maximum absolute atomic E-state index is 9.10. The average molecular weight is 247 g/mol. The Labute approximate surface area is 103 Å². The van der Waals surface area contributed by atoms with Crippen molar-refractivity contribution in [2.45, 2.75) is 18.9 Å². The van der Waals surface area contributed by atoms with Crippen LogP contribution in [0.4, 0.5) is 0 Å². The SMILES string of the molecule is COCCOCCOCCNCC1CC(O)C1. The third kappa shape index (κ3) is 7.68. The van der Waals surface area contributed by atoms with Gasteiger partial charge in [-0.2, -0.15) is 0 Å². The Bertz CT molecular complexity index is 174. The van der Waals surface area contributed by atoms with Gasteiger partial charge in [-0.3, -0.25) is 0 Å². The number of hydrogen-bond acceptors (Lipinski definition) is 5. The van der Waals surface area contributed by atoms with Gasteiger partial charge in [0.05, 0.1) is 39.1 Å². The van der Waals surface area contributed by atoms with Crippen molar-refractivity contribution in [3.05, 3.63) is 0 Å². The van der Waals surface area contributed by atoms with Gasteiger partial charge in [-0.1, -0.05) is 0 Å². The second-order valence-corrected chi connectivity index (χ2v) is 4.41. The summed E-state index contributed by atoms with van der Waals surface area (Å²) in [6.45, 7) is 5.08. The van der Waals surface area contributed by atoms with E-state index in [4.69, 9.17) is 19.3 Å². The Balaban J connectivity index is 1.67. The van der Waals surface area contributed by atoms with Crippen LogP contribution in [-0.2, 0) is 14.2 Å². The second kappa shape index (κ2) is 9.79. The molecule has 0 bridgehead atoms. The predicted octanol–water partition coefficient (Wildman–Crippen LogP) is 0.0265. The third-order valence-electron chi connectivity index (χ3n) is 2.87. The van der Waals surface area contributed by atoms with Gasteiger partial charge < -0.3 is 24.6 Å². The minimum atomic E-state index is -0.0534. The van der Waals surface area contributed by atoms with Crippen molar-refractivity contribution in [1.29, 1.82) is 0 Å². The molecular weight excluding hydrogens is 222 g/mol. The van der Waals surface area contributed by atoms with E-state index in [2.05, 4.69) is 5.32 Å². The van der Waals surface area contributed by atoms with Crippen molar-refractivity contribution < 1.29 is 19.3 Å². The summed E-state index contributed by atoms with van der Waals surface area (Å²) in [7, 11) is 1.66. The highest BCUT2D eigenvalue weighted by Crippen LogP contribution is 2.25. The van der Waals surface area contributed by atoms with Crippen LogP contribution in [0, 0.1) is 5.92 Å². The molecule has 0 aromatic carbocycles. The van der Waals surface area contributed by atoms with Gasteiger partial charge in [-0.25, -0.2) is 0 Å². The molecule has 102 valence electrons. The molecule has 1 aliphatic carbocycles. The average Bonchev–Trinajstić information content (AvgIpc) is 2.29. The number of methoxy groups -OCH3 is 1. The van der Waals surface area contributed by atoms with E-state index in [9.17, 15) is 0 Å². The fourth-order valence-electron chi connectivity index (χ4n) is 1.78. The van der Waals surface area contributed by atoms with E-state index in [1.54, 1.807) is 7.11 Å². The summed E-state index contributed by atoms with van der Waals surface area (Å²) in [5, 5.41) is 12.4. The van der Waals surface area contributed by atoms with Gasteiger partial charge in [0.1, 0.15) is 0 Å². The minimum absolute atomic E-state index is 0.0534. The molecule has 1 aliphatic rings. The van der Waals surface area contributed by atoms with Crippen LogP contribution < -0.4 is 5.32 Å². The normalized spacial score (nSPS) is 23.6. The molecule has 0 aliphatic heterocycles. The number of nitrogens with one attached hydrogen (secondary N) is 1. The lowest BCUT2D eigenvalue weighted by atomic mass is 9.82. The number of hydrogen-bond donors (Lipinski definition) is 2. The zero-order valence-corrected chi connectivity index (χ0v) is 10.7. The molecule has 0 radical (unpaired) electrons. The summed E-state index contributed by atoms with van der Waals surface area (Å²) >= 11 is 0. The van der Waals surface area contributed by atoms with Crippen molar-refractivity contribution in [1.82, 2.24) is 5.32 Å². The quantitative estimate of drug-likeness (QED) is 0.504. The van der Waals surface area contributed by atoms with E-state index in [0.717, 1.165) is 25.9 Å². The summed E-state index contributed by atoms with van der Waals surface area (Å²) in [5.74, 6) is 0.655. The predicted molar refractivity (Wildman–Crippen MR) is 65.1 cm³/mol. The van der Waals surface area contributed by atoms with Crippen molar-refractivity contribution in [2.24, 2.45) is 5.92 Å². The summed E-state index contributed by atoms with van der Waals surface area (Å²) in [5.41, 5.74) is 0. The molecule has 0 saturated heterocycles. The Morgan fingerprint density at radius 2 is 1.71 bits per heavy atom. The molecule has 5 heteroatoms. The molecule has 0 aromatic heterocycles. The monoisotopic (exact) mass is 247 g/mol. The molecule has 0 heterocycles. The van der Waals surface area contributed by atoms with Crippen LogP contribution in [0.25, 0.3) is 0 Å².